The SMILES string of the molecule is COCc1cccc(NC(=O)[C@@H]2CC[C@H](C(=O)O)O2)c1. The quantitative estimate of drug-likeness (QED) is 0.851. The van der Waals surface area contributed by atoms with Gasteiger partial charge >= 0.3 is 5.97 Å². The highest BCUT2D eigenvalue weighted by atomic mass is 16.5. The van der Waals surface area contributed by atoms with E-state index in [-0.39, 0.29) is 5.91 Å². The smallest absolute Gasteiger partial charge is 0.332 e. The van der Waals surface area contributed by atoms with Crippen molar-refractivity contribution in [3.05, 3.63) is 29.8 Å². The van der Waals surface area contributed by atoms with Gasteiger partial charge in [0.05, 0.1) is 6.61 Å². The Kier molecular flexibility index (Phi) is 4.70. The number of hydrogen-bond donors (Lipinski definition) is 2. The highest BCUT2D eigenvalue weighted by Crippen LogP contribution is 2.21. The second-order valence-corrected chi connectivity index (χ2v) is 4.65. The van der Waals surface area contributed by atoms with Crippen LogP contribution in [-0.2, 0) is 25.7 Å². The van der Waals surface area contributed by atoms with Crippen LogP contribution in [0.1, 0.15) is 18.4 Å². The molecule has 0 saturated carbocycles. The fourth-order valence-corrected chi connectivity index (χ4v) is 2.14. The molecule has 1 amide bonds. The molecule has 108 valence electrons. The number of benzene rings is 1. The summed E-state index contributed by atoms with van der Waals surface area (Å²) in [5.41, 5.74) is 1.59. The van der Waals surface area contributed by atoms with E-state index in [9.17, 15) is 9.59 Å². The maximum Gasteiger partial charge on any atom is 0.332 e. The normalized spacial score (nSPS) is 21.6. The van der Waals surface area contributed by atoms with Crippen LogP contribution in [0.25, 0.3) is 0 Å². The van der Waals surface area contributed by atoms with Crippen LogP contribution >= 0.6 is 0 Å². The van der Waals surface area contributed by atoms with Gasteiger partial charge in [-0.3, -0.25) is 4.79 Å². The average molecular weight is 279 g/mol. The number of aliphatic carboxylic acids is 1. The van der Waals surface area contributed by atoms with Gasteiger partial charge < -0.3 is 19.9 Å². The van der Waals surface area contributed by atoms with E-state index in [0.717, 1.165) is 5.56 Å². The molecule has 1 aliphatic heterocycles. The van der Waals surface area contributed by atoms with E-state index >= 15 is 0 Å². The van der Waals surface area contributed by atoms with Crippen LogP contribution in [0.4, 0.5) is 5.69 Å². The van der Waals surface area contributed by atoms with E-state index in [1.165, 1.54) is 0 Å². The van der Waals surface area contributed by atoms with Crippen molar-refractivity contribution in [3.8, 4) is 0 Å². The van der Waals surface area contributed by atoms with Gasteiger partial charge in [-0.1, -0.05) is 12.1 Å². The Morgan fingerprint density at radius 2 is 2.15 bits per heavy atom. The Labute approximate surface area is 116 Å². The Morgan fingerprint density at radius 3 is 2.80 bits per heavy atom. The topological polar surface area (TPSA) is 84.9 Å². The van der Waals surface area contributed by atoms with Crippen molar-refractivity contribution in [1.29, 1.82) is 0 Å². The van der Waals surface area contributed by atoms with Crippen molar-refractivity contribution in [2.24, 2.45) is 0 Å². The number of hydrogen-bond acceptors (Lipinski definition) is 4. The number of carboxylic acid groups (broad SMARTS) is 1. The van der Waals surface area contributed by atoms with E-state index in [1.807, 2.05) is 18.2 Å². The summed E-state index contributed by atoms with van der Waals surface area (Å²) in [4.78, 5) is 22.8. The van der Waals surface area contributed by atoms with Gasteiger partial charge in [-0.15, -0.1) is 0 Å². The Hall–Kier alpha value is -1.92. The molecule has 1 saturated heterocycles. The summed E-state index contributed by atoms with van der Waals surface area (Å²) in [6, 6.07) is 7.29. The molecule has 1 heterocycles. The van der Waals surface area contributed by atoms with Crippen LogP contribution in [0.3, 0.4) is 0 Å². The molecule has 1 aromatic rings. The molecule has 20 heavy (non-hydrogen) atoms. The molecule has 0 aliphatic carbocycles. The van der Waals surface area contributed by atoms with Crippen LogP contribution in [0.2, 0.25) is 0 Å². The largest absolute Gasteiger partial charge is 0.479 e. The van der Waals surface area contributed by atoms with Gasteiger partial charge in [0, 0.05) is 12.8 Å². The first kappa shape index (κ1) is 14.5. The predicted octanol–water partition coefficient (Wildman–Crippen LogP) is 1.40. The van der Waals surface area contributed by atoms with Crippen LogP contribution < -0.4 is 5.32 Å². The number of nitrogens with one attached hydrogen (secondary N) is 1. The summed E-state index contributed by atoms with van der Waals surface area (Å²) in [7, 11) is 1.60. The molecular formula is C14H17NO5. The first-order valence-electron chi connectivity index (χ1n) is 6.37. The first-order chi connectivity index (χ1) is 9.60. The third kappa shape index (κ3) is 3.55. The van der Waals surface area contributed by atoms with Crippen LogP contribution in [-0.4, -0.2) is 36.3 Å². The number of anilines is 1. The zero-order chi connectivity index (χ0) is 14.5. The number of carboxylic acids is 1. The zero-order valence-corrected chi connectivity index (χ0v) is 11.2. The second kappa shape index (κ2) is 6.49. The minimum atomic E-state index is -1.03. The standard InChI is InChI=1S/C14H17NO5/c1-19-8-9-3-2-4-10(7-9)15-13(16)11-5-6-12(20-11)14(17)18/h2-4,7,11-12H,5-6,8H2,1H3,(H,15,16)(H,17,18)/t11-,12+/m0/s1. The van der Waals surface area contributed by atoms with E-state index in [2.05, 4.69) is 5.32 Å². The molecule has 0 bridgehead atoms. The monoisotopic (exact) mass is 279 g/mol. The molecule has 6 nitrogen and oxygen atoms in total. The Morgan fingerprint density at radius 1 is 1.40 bits per heavy atom. The lowest BCUT2D eigenvalue weighted by atomic mass is 10.1. The van der Waals surface area contributed by atoms with Gasteiger partial charge in [0.15, 0.2) is 6.10 Å². The first-order valence-corrected chi connectivity index (χ1v) is 6.37. The molecule has 0 aromatic heterocycles. The molecule has 1 fully saturated rings. The van der Waals surface area contributed by atoms with Gasteiger partial charge in [-0.05, 0) is 30.5 Å². The van der Waals surface area contributed by atoms with Crippen molar-refractivity contribution >= 4 is 17.6 Å². The molecule has 2 N–H and O–H groups in total. The molecule has 2 rings (SSSR count). The van der Waals surface area contributed by atoms with Crippen LogP contribution in [0.5, 0.6) is 0 Å². The zero-order valence-electron chi connectivity index (χ0n) is 11.2. The fraction of sp³-hybridized carbons (Fsp3) is 0.429. The lowest BCUT2D eigenvalue weighted by Crippen LogP contribution is -2.29. The molecule has 1 aliphatic rings. The fourth-order valence-electron chi connectivity index (χ4n) is 2.14. The van der Waals surface area contributed by atoms with Gasteiger partial charge in [0.25, 0.3) is 5.91 Å². The van der Waals surface area contributed by atoms with Crippen molar-refractivity contribution in [2.75, 3.05) is 12.4 Å². The third-order valence-corrected chi connectivity index (χ3v) is 3.09. The van der Waals surface area contributed by atoms with Gasteiger partial charge in [0.1, 0.15) is 6.10 Å². The van der Waals surface area contributed by atoms with Gasteiger partial charge in [-0.2, -0.15) is 0 Å². The van der Waals surface area contributed by atoms with Crippen LogP contribution in [0, 0.1) is 0 Å². The number of ether oxygens (including phenoxy) is 2. The van der Waals surface area contributed by atoms with E-state index in [0.29, 0.717) is 25.1 Å². The molecule has 2 atom stereocenters. The summed E-state index contributed by atoms with van der Waals surface area (Å²) in [6.45, 7) is 0.463. The summed E-state index contributed by atoms with van der Waals surface area (Å²) >= 11 is 0. The highest BCUT2D eigenvalue weighted by molar-refractivity contribution is 5.94. The maximum absolute atomic E-state index is 12.0. The summed E-state index contributed by atoms with van der Waals surface area (Å²) in [5, 5.41) is 11.6. The third-order valence-electron chi connectivity index (χ3n) is 3.09. The lowest BCUT2D eigenvalue weighted by molar-refractivity contribution is -0.150. The van der Waals surface area contributed by atoms with Crippen molar-refractivity contribution < 1.29 is 24.2 Å². The maximum atomic E-state index is 12.0. The van der Waals surface area contributed by atoms with E-state index < -0.39 is 18.2 Å². The molecule has 0 radical (unpaired) electrons. The number of rotatable bonds is 5. The van der Waals surface area contributed by atoms with Gasteiger partial charge in [0.2, 0.25) is 0 Å². The minimum absolute atomic E-state index is 0.316. The number of amides is 1. The Bertz CT molecular complexity index is 502. The van der Waals surface area contributed by atoms with Crippen LogP contribution in [0.15, 0.2) is 24.3 Å². The second-order valence-electron chi connectivity index (χ2n) is 4.65. The Balaban J connectivity index is 1.95. The molecule has 0 unspecified atom stereocenters. The molecule has 6 heteroatoms. The van der Waals surface area contributed by atoms with E-state index in [4.69, 9.17) is 14.6 Å². The molecular weight excluding hydrogens is 262 g/mol. The van der Waals surface area contributed by atoms with E-state index in [1.54, 1.807) is 13.2 Å². The number of methoxy groups -OCH3 is 1. The number of carbonyl (C=O) groups excluding carboxylic acids is 1. The highest BCUT2D eigenvalue weighted by Gasteiger charge is 2.34. The minimum Gasteiger partial charge on any atom is -0.479 e. The lowest BCUT2D eigenvalue weighted by Gasteiger charge is -2.12. The predicted molar refractivity (Wildman–Crippen MR) is 71.3 cm³/mol. The van der Waals surface area contributed by atoms with Crippen molar-refractivity contribution in [2.45, 2.75) is 31.7 Å². The molecule has 1 aromatic carbocycles. The summed E-state index contributed by atoms with van der Waals surface area (Å²) in [5.74, 6) is -1.34. The summed E-state index contributed by atoms with van der Waals surface area (Å²) in [6.07, 6.45) is -0.815. The summed E-state index contributed by atoms with van der Waals surface area (Å²) < 4.78 is 10.2. The average Bonchev–Trinajstić information content (AvgIpc) is 2.89. The van der Waals surface area contributed by atoms with Crippen molar-refractivity contribution in [3.63, 3.8) is 0 Å². The number of carbonyl (C=O) groups is 2. The van der Waals surface area contributed by atoms with Crippen molar-refractivity contribution in [1.82, 2.24) is 0 Å². The molecule has 0 spiro atoms. The van der Waals surface area contributed by atoms with Gasteiger partial charge in [-0.25, -0.2) is 4.79 Å².